The van der Waals surface area contributed by atoms with Gasteiger partial charge in [0.1, 0.15) is 11.6 Å². The number of carbonyl (C=O) groups is 1. The van der Waals surface area contributed by atoms with Gasteiger partial charge in [0.05, 0.1) is 16.0 Å². The topological polar surface area (TPSA) is 103 Å². The zero-order valence-electron chi connectivity index (χ0n) is 21.6. The van der Waals surface area contributed by atoms with Gasteiger partial charge in [-0.2, -0.15) is 0 Å². The zero-order chi connectivity index (χ0) is 27.7. The Morgan fingerprint density at radius 1 is 0.923 bits per heavy atom. The lowest BCUT2D eigenvalue weighted by molar-refractivity contribution is 0.0699. The number of pyridine rings is 1. The van der Waals surface area contributed by atoms with Crippen LogP contribution in [0.4, 0.5) is 21.6 Å². The van der Waals surface area contributed by atoms with E-state index in [9.17, 15) is 22.7 Å². The van der Waals surface area contributed by atoms with Crippen molar-refractivity contribution < 1.29 is 22.7 Å². The minimum Gasteiger partial charge on any atom is -0.478 e. The third-order valence-electron chi connectivity index (χ3n) is 6.93. The number of benzene rings is 3. The molecule has 5 rings (SSSR count). The van der Waals surface area contributed by atoms with E-state index in [-0.39, 0.29) is 27.9 Å². The van der Waals surface area contributed by atoms with Crippen molar-refractivity contribution in [2.75, 3.05) is 40.7 Å². The summed E-state index contributed by atoms with van der Waals surface area (Å²) in [4.78, 5) is 21.2. The number of nitrogens with zero attached hydrogens (tertiary/aromatic N) is 3. The summed E-state index contributed by atoms with van der Waals surface area (Å²) in [5.74, 6) is -0.592. The molecule has 1 fully saturated rings. The van der Waals surface area contributed by atoms with Crippen LogP contribution >= 0.6 is 0 Å². The van der Waals surface area contributed by atoms with Crippen LogP contribution in [0.5, 0.6) is 0 Å². The molecule has 10 heteroatoms. The number of fused-ring (bicyclic) bond motifs is 1. The molecule has 0 spiro atoms. The lowest BCUT2D eigenvalue weighted by Gasteiger charge is -2.37. The maximum Gasteiger partial charge on any atom is 0.336 e. The van der Waals surface area contributed by atoms with Crippen LogP contribution in [0.2, 0.25) is 0 Å². The first-order valence-electron chi connectivity index (χ1n) is 12.7. The first-order chi connectivity index (χ1) is 18.6. The third-order valence-corrected chi connectivity index (χ3v) is 8.33. The Hall–Kier alpha value is -4.18. The number of rotatable bonds is 7. The maximum atomic E-state index is 13.3. The molecular formula is C29H29FN4O4S. The molecule has 1 aliphatic rings. The van der Waals surface area contributed by atoms with Crippen LogP contribution in [0.15, 0.2) is 77.7 Å². The molecule has 0 unspecified atom stereocenters. The van der Waals surface area contributed by atoms with Crippen molar-refractivity contribution in [3.05, 3.63) is 89.7 Å². The van der Waals surface area contributed by atoms with E-state index in [1.54, 1.807) is 48.5 Å². The Morgan fingerprint density at radius 2 is 1.56 bits per heavy atom. The quantitative estimate of drug-likeness (QED) is 0.322. The lowest BCUT2D eigenvalue weighted by Crippen LogP contribution is -2.46. The highest BCUT2D eigenvalue weighted by atomic mass is 32.2. The van der Waals surface area contributed by atoms with Gasteiger partial charge in [-0.15, -0.1) is 0 Å². The molecule has 0 amide bonds. The van der Waals surface area contributed by atoms with E-state index in [0.29, 0.717) is 42.9 Å². The van der Waals surface area contributed by atoms with E-state index >= 15 is 0 Å². The Labute approximate surface area is 226 Å². The van der Waals surface area contributed by atoms with Gasteiger partial charge in [-0.3, -0.25) is 4.72 Å². The number of aromatic carboxylic acids is 1. The molecule has 0 radical (unpaired) electrons. The highest BCUT2D eigenvalue weighted by molar-refractivity contribution is 7.92. The van der Waals surface area contributed by atoms with Gasteiger partial charge in [-0.25, -0.2) is 22.6 Å². The number of piperazine rings is 1. The molecule has 39 heavy (non-hydrogen) atoms. The number of sulfonamides is 1. The summed E-state index contributed by atoms with van der Waals surface area (Å²) < 4.78 is 41.8. The van der Waals surface area contributed by atoms with Crippen molar-refractivity contribution in [2.45, 2.75) is 24.7 Å². The van der Waals surface area contributed by atoms with Gasteiger partial charge in [0.2, 0.25) is 0 Å². The number of hydrogen-bond acceptors (Lipinski definition) is 6. The second-order valence-corrected chi connectivity index (χ2v) is 11.5. The van der Waals surface area contributed by atoms with Gasteiger partial charge in [-0.05, 0) is 72.1 Å². The van der Waals surface area contributed by atoms with Crippen LogP contribution in [0, 0.1) is 5.82 Å². The SMILES string of the molecule is CC(C)c1ccc(S(=O)(=O)Nc2ccc3nc(N4CCN(c5ccc(F)cc5)CC4)cc(C(=O)O)c3c2)cc1. The normalized spacial score (nSPS) is 14.2. The highest BCUT2D eigenvalue weighted by Gasteiger charge is 2.22. The molecule has 0 atom stereocenters. The molecular weight excluding hydrogens is 519 g/mol. The maximum absolute atomic E-state index is 13.3. The van der Waals surface area contributed by atoms with Crippen molar-refractivity contribution >= 4 is 44.1 Å². The third kappa shape index (κ3) is 5.65. The van der Waals surface area contributed by atoms with E-state index < -0.39 is 16.0 Å². The summed E-state index contributed by atoms with van der Waals surface area (Å²) in [5.41, 5.74) is 2.71. The van der Waals surface area contributed by atoms with Crippen molar-refractivity contribution in [3.63, 3.8) is 0 Å². The van der Waals surface area contributed by atoms with Crippen LogP contribution in [0.3, 0.4) is 0 Å². The van der Waals surface area contributed by atoms with Crippen molar-refractivity contribution in [1.29, 1.82) is 0 Å². The largest absolute Gasteiger partial charge is 0.478 e. The fourth-order valence-electron chi connectivity index (χ4n) is 4.71. The van der Waals surface area contributed by atoms with Crippen LogP contribution in [-0.2, 0) is 10.0 Å². The molecule has 1 aromatic heterocycles. The monoisotopic (exact) mass is 548 g/mol. The molecule has 0 bridgehead atoms. The number of halogens is 1. The smallest absolute Gasteiger partial charge is 0.336 e. The first-order valence-corrected chi connectivity index (χ1v) is 14.2. The Balaban J connectivity index is 1.38. The van der Waals surface area contributed by atoms with E-state index in [1.165, 1.54) is 24.3 Å². The summed E-state index contributed by atoms with van der Waals surface area (Å²) in [7, 11) is -3.86. The summed E-state index contributed by atoms with van der Waals surface area (Å²) in [5, 5.41) is 10.3. The second-order valence-electron chi connectivity index (χ2n) is 9.84. The number of carboxylic acid groups (broad SMARTS) is 1. The summed E-state index contributed by atoms with van der Waals surface area (Å²) >= 11 is 0. The number of nitrogens with one attached hydrogen (secondary N) is 1. The summed E-state index contributed by atoms with van der Waals surface area (Å²) in [6.45, 7) is 6.64. The van der Waals surface area contributed by atoms with Gasteiger partial charge in [0.25, 0.3) is 10.0 Å². The molecule has 3 aromatic carbocycles. The standard InChI is InChI=1S/C29H29FN4O4S/c1-19(2)20-3-10-24(11-4-20)39(37,38)32-22-7-12-27-25(17-22)26(29(35)36)18-28(31-27)34-15-13-33(14-16-34)23-8-5-21(30)6-9-23/h3-12,17-19,32H,13-16H2,1-2H3,(H,35,36). The highest BCUT2D eigenvalue weighted by Crippen LogP contribution is 2.29. The fourth-order valence-corrected chi connectivity index (χ4v) is 5.76. The number of carboxylic acids is 1. The molecule has 2 N–H and O–H groups in total. The number of aromatic nitrogens is 1. The molecule has 4 aromatic rings. The average molecular weight is 549 g/mol. The summed E-state index contributed by atoms with van der Waals surface area (Å²) in [6, 6.07) is 19.3. The Morgan fingerprint density at radius 3 is 2.18 bits per heavy atom. The molecule has 8 nitrogen and oxygen atoms in total. The van der Waals surface area contributed by atoms with Crippen LogP contribution in [0.1, 0.15) is 35.7 Å². The van der Waals surface area contributed by atoms with Gasteiger partial charge in [0.15, 0.2) is 0 Å². The van der Waals surface area contributed by atoms with E-state index in [2.05, 4.69) is 9.62 Å². The molecule has 0 aliphatic carbocycles. The minimum absolute atomic E-state index is 0.0401. The van der Waals surface area contributed by atoms with E-state index in [1.807, 2.05) is 18.7 Å². The van der Waals surface area contributed by atoms with Crippen LogP contribution in [0.25, 0.3) is 10.9 Å². The number of anilines is 3. The summed E-state index contributed by atoms with van der Waals surface area (Å²) in [6.07, 6.45) is 0. The van der Waals surface area contributed by atoms with Crippen LogP contribution in [-0.4, -0.2) is 50.7 Å². The first kappa shape index (κ1) is 26.4. The van der Waals surface area contributed by atoms with Gasteiger partial charge >= 0.3 is 5.97 Å². The van der Waals surface area contributed by atoms with Crippen molar-refractivity contribution in [3.8, 4) is 0 Å². The van der Waals surface area contributed by atoms with Crippen molar-refractivity contribution in [1.82, 2.24) is 4.98 Å². The van der Waals surface area contributed by atoms with E-state index in [4.69, 9.17) is 4.98 Å². The fraction of sp³-hybridized carbons (Fsp3) is 0.241. The Bertz CT molecular complexity index is 1620. The minimum atomic E-state index is -3.86. The molecule has 1 aliphatic heterocycles. The van der Waals surface area contributed by atoms with Crippen molar-refractivity contribution in [2.24, 2.45) is 0 Å². The lowest BCUT2D eigenvalue weighted by atomic mass is 10.0. The van der Waals surface area contributed by atoms with Gasteiger partial charge in [0, 0.05) is 42.9 Å². The molecule has 1 saturated heterocycles. The van der Waals surface area contributed by atoms with Gasteiger partial charge in [-0.1, -0.05) is 26.0 Å². The molecule has 2 heterocycles. The van der Waals surface area contributed by atoms with Crippen LogP contribution < -0.4 is 14.5 Å². The Kier molecular flexibility index (Phi) is 7.14. The average Bonchev–Trinajstić information content (AvgIpc) is 2.93. The molecule has 202 valence electrons. The zero-order valence-corrected chi connectivity index (χ0v) is 22.5. The predicted octanol–water partition coefficient (Wildman–Crippen LogP) is 5.32. The second kappa shape index (κ2) is 10.5. The predicted molar refractivity (Wildman–Crippen MR) is 151 cm³/mol. The van der Waals surface area contributed by atoms with E-state index in [0.717, 1.165) is 11.3 Å². The molecule has 0 saturated carbocycles. The number of hydrogen-bond donors (Lipinski definition) is 2. The van der Waals surface area contributed by atoms with Gasteiger partial charge < -0.3 is 14.9 Å².